The number of amides is 2. The highest BCUT2D eigenvalue weighted by Gasteiger charge is 2.45. The van der Waals surface area contributed by atoms with E-state index in [4.69, 9.17) is 5.73 Å². The number of primary amides is 1. The van der Waals surface area contributed by atoms with Gasteiger partial charge in [-0.05, 0) is 45.3 Å². The van der Waals surface area contributed by atoms with E-state index in [0.717, 1.165) is 64.0 Å². The number of carbonyl (C=O) groups is 2. The first kappa shape index (κ1) is 26.8. The Kier molecular flexibility index (Phi) is 8.29. The molecule has 1 saturated carbocycles. The second-order valence-corrected chi connectivity index (χ2v) is 10.7. The number of nitrogens with two attached hydrogens (primary N) is 1. The summed E-state index contributed by atoms with van der Waals surface area (Å²) in [7, 11) is 6.33. The van der Waals surface area contributed by atoms with E-state index in [2.05, 4.69) is 74.4 Å². The first-order valence-electron chi connectivity index (χ1n) is 13.0. The largest absolute Gasteiger partial charge is 0.370 e. The van der Waals surface area contributed by atoms with Crippen molar-refractivity contribution < 1.29 is 9.59 Å². The minimum Gasteiger partial charge on any atom is -0.370 e. The van der Waals surface area contributed by atoms with Crippen molar-refractivity contribution in [2.45, 2.75) is 36.8 Å². The maximum Gasteiger partial charge on any atom is 0.231 e. The highest BCUT2D eigenvalue weighted by Crippen LogP contribution is 2.44. The minimum atomic E-state index is -0.319. The predicted molar refractivity (Wildman–Crippen MR) is 145 cm³/mol. The maximum absolute atomic E-state index is 11.7. The van der Waals surface area contributed by atoms with Crippen LogP contribution in [-0.4, -0.2) is 98.0 Å². The van der Waals surface area contributed by atoms with Crippen molar-refractivity contribution >= 4 is 24.0 Å². The van der Waals surface area contributed by atoms with Gasteiger partial charge in [-0.2, -0.15) is 0 Å². The number of nitrogens with one attached hydrogen (secondary N) is 1. The molecule has 0 bridgehead atoms. The minimum absolute atomic E-state index is 0.0415. The molecule has 3 N–H and O–H groups in total. The summed E-state index contributed by atoms with van der Waals surface area (Å²) >= 11 is 0. The molecule has 1 aliphatic heterocycles. The maximum atomic E-state index is 11.7. The van der Waals surface area contributed by atoms with Crippen molar-refractivity contribution in [2.75, 3.05) is 70.2 Å². The molecule has 2 aliphatic rings. The molecule has 2 aromatic rings. The summed E-state index contributed by atoms with van der Waals surface area (Å²) < 4.78 is 0. The van der Waals surface area contributed by atoms with Gasteiger partial charge in [-0.3, -0.25) is 19.4 Å². The van der Waals surface area contributed by atoms with E-state index in [1.807, 2.05) is 24.3 Å². The fraction of sp³-hybridized carbons (Fsp3) is 0.556. The molecule has 10 nitrogen and oxygen atoms in total. The highest BCUT2D eigenvalue weighted by molar-refractivity contribution is 5.75. The van der Waals surface area contributed by atoms with Crippen LogP contribution in [-0.2, 0) is 15.1 Å². The molecule has 1 aromatic heterocycles. The Hall–Kier alpha value is -3.24. The molecule has 10 heteroatoms. The fourth-order valence-corrected chi connectivity index (χ4v) is 5.90. The van der Waals surface area contributed by atoms with E-state index < -0.39 is 0 Å². The quantitative estimate of drug-likeness (QED) is 0.458. The van der Waals surface area contributed by atoms with Gasteiger partial charge in [0, 0.05) is 45.3 Å². The van der Waals surface area contributed by atoms with Crippen LogP contribution in [0, 0.1) is 0 Å². The topological polar surface area (TPSA) is 111 Å². The van der Waals surface area contributed by atoms with Gasteiger partial charge >= 0.3 is 0 Å². The number of hydrogen-bond donors (Lipinski definition) is 2. The second kappa shape index (κ2) is 11.4. The van der Waals surface area contributed by atoms with Crippen molar-refractivity contribution in [3.05, 3.63) is 48.3 Å². The Morgan fingerprint density at radius 2 is 1.65 bits per heavy atom. The van der Waals surface area contributed by atoms with E-state index in [1.54, 1.807) is 0 Å². The number of likely N-dealkylation sites (N-methyl/N-ethyl adjacent to an activating group) is 1. The van der Waals surface area contributed by atoms with Gasteiger partial charge in [-0.15, -0.1) is 0 Å². The molecule has 1 saturated heterocycles. The van der Waals surface area contributed by atoms with E-state index in [9.17, 15) is 9.59 Å². The lowest BCUT2D eigenvalue weighted by molar-refractivity contribution is -0.119. The third-order valence-corrected chi connectivity index (χ3v) is 8.21. The van der Waals surface area contributed by atoms with Crippen LogP contribution in [0.2, 0.25) is 0 Å². The van der Waals surface area contributed by atoms with E-state index in [-0.39, 0.29) is 23.5 Å². The Balaban J connectivity index is 1.40. The normalized spacial score (nSPS) is 24.6. The molecular weight excluding hydrogens is 468 g/mol. The molecule has 0 atom stereocenters. The Morgan fingerprint density at radius 3 is 2.19 bits per heavy atom. The highest BCUT2D eigenvalue weighted by atomic mass is 16.1. The number of rotatable bonds is 10. The third kappa shape index (κ3) is 6.02. The van der Waals surface area contributed by atoms with Crippen LogP contribution in [0.4, 0.5) is 11.6 Å². The number of anilines is 2. The third-order valence-electron chi connectivity index (χ3n) is 8.21. The lowest BCUT2D eigenvalue weighted by Gasteiger charge is -2.50. The summed E-state index contributed by atoms with van der Waals surface area (Å²) in [5.74, 6) is 0.386. The Morgan fingerprint density at radius 1 is 1.03 bits per heavy atom. The molecule has 37 heavy (non-hydrogen) atoms. The SMILES string of the molecule is CN(C[C@]1(NC=O)CC[C@@](c2ccccc2)(N(C)C)CC1)c1cnc(N2CCN(CC(N)=O)CC2)nc1. The summed E-state index contributed by atoms with van der Waals surface area (Å²) in [5.41, 5.74) is 7.19. The van der Waals surface area contributed by atoms with Gasteiger partial charge in [0.15, 0.2) is 0 Å². The van der Waals surface area contributed by atoms with Gasteiger partial charge in [0.05, 0.1) is 30.2 Å². The molecule has 1 aromatic carbocycles. The smallest absolute Gasteiger partial charge is 0.231 e. The van der Waals surface area contributed by atoms with Crippen LogP contribution in [0.15, 0.2) is 42.7 Å². The Labute approximate surface area is 219 Å². The van der Waals surface area contributed by atoms with Gasteiger partial charge in [0.25, 0.3) is 0 Å². The van der Waals surface area contributed by atoms with Crippen molar-refractivity contribution in [2.24, 2.45) is 5.73 Å². The molecule has 0 radical (unpaired) electrons. The van der Waals surface area contributed by atoms with Crippen LogP contribution >= 0.6 is 0 Å². The van der Waals surface area contributed by atoms with Crippen molar-refractivity contribution in [1.29, 1.82) is 0 Å². The van der Waals surface area contributed by atoms with Gasteiger partial charge in [-0.25, -0.2) is 9.97 Å². The van der Waals surface area contributed by atoms with Crippen LogP contribution < -0.4 is 20.9 Å². The molecule has 0 unspecified atom stereocenters. The van der Waals surface area contributed by atoms with Crippen LogP contribution in [0.25, 0.3) is 0 Å². The number of nitrogens with zero attached hydrogens (tertiary/aromatic N) is 6. The average molecular weight is 509 g/mol. The van der Waals surface area contributed by atoms with Gasteiger partial charge in [0.2, 0.25) is 18.3 Å². The standard InChI is InChI=1S/C27H40N8O2/c1-32(2)27(22-7-5-4-6-8-22)11-9-26(10-12-27,31-21-36)20-33(3)23-17-29-25(30-18-23)35-15-13-34(14-16-35)19-24(28)37/h4-8,17-18,21H,9-16,19-20H2,1-3H3,(H2,28,37)(H,31,36)/t26-,27+. The fourth-order valence-electron chi connectivity index (χ4n) is 5.90. The number of hydrogen-bond acceptors (Lipinski definition) is 8. The Bertz CT molecular complexity index is 1030. The number of carbonyl (C=O) groups excluding carboxylic acids is 2. The zero-order valence-corrected chi connectivity index (χ0v) is 22.3. The summed E-state index contributed by atoms with van der Waals surface area (Å²) in [6.45, 7) is 3.98. The van der Waals surface area contributed by atoms with Gasteiger partial charge in [-0.1, -0.05) is 30.3 Å². The molecule has 200 valence electrons. The zero-order valence-electron chi connectivity index (χ0n) is 22.3. The second-order valence-electron chi connectivity index (χ2n) is 10.7. The van der Waals surface area contributed by atoms with Crippen LogP contribution in [0.1, 0.15) is 31.2 Å². The van der Waals surface area contributed by atoms with E-state index in [0.29, 0.717) is 12.5 Å². The summed E-state index contributed by atoms with van der Waals surface area (Å²) in [6, 6.07) is 10.7. The van der Waals surface area contributed by atoms with Crippen LogP contribution in [0.3, 0.4) is 0 Å². The molecular formula is C27H40N8O2. The molecule has 2 fully saturated rings. The molecule has 4 rings (SSSR count). The number of benzene rings is 1. The zero-order chi connectivity index (χ0) is 26.5. The van der Waals surface area contributed by atoms with Crippen molar-refractivity contribution in [3.63, 3.8) is 0 Å². The molecule has 0 spiro atoms. The monoisotopic (exact) mass is 508 g/mol. The number of piperazine rings is 1. The predicted octanol–water partition coefficient (Wildman–Crippen LogP) is 1.04. The lowest BCUT2D eigenvalue weighted by Crippen LogP contribution is -2.58. The van der Waals surface area contributed by atoms with Gasteiger partial charge < -0.3 is 20.9 Å². The summed E-state index contributed by atoms with van der Waals surface area (Å²) in [5, 5.41) is 3.18. The first-order valence-corrected chi connectivity index (χ1v) is 13.0. The molecule has 2 amide bonds. The number of aromatic nitrogens is 2. The first-order chi connectivity index (χ1) is 17.8. The summed E-state index contributed by atoms with van der Waals surface area (Å²) in [4.78, 5) is 40.7. The lowest BCUT2D eigenvalue weighted by atomic mass is 9.68. The summed E-state index contributed by atoms with van der Waals surface area (Å²) in [6.07, 6.45) is 8.20. The van der Waals surface area contributed by atoms with Crippen molar-refractivity contribution in [1.82, 2.24) is 25.1 Å². The molecule has 1 aliphatic carbocycles. The molecule has 2 heterocycles. The van der Waals surface area contributed by atoms with E-state index in [1.165, 1.54) is 5.56 Å². The van der Waals surface area contributed by atoms with Gasteiger partial charge in [0.1, 0.15) is 0 Å². The van der Waals surface area contributed by atoms with E-state index >= 15 is 0 Å². The average Bonchev–Trinajstić information content (AvgIpc) is 2.90. The van der Waals surface area contributed by atoms with Crippen LogP contribution in [0.5, 0.6) is 0 Å². The van der Waals surface area contributed by atoms with Crippen molar-refractivity contribution in [3.8, 4) is 0 Å².